The highest BCUT2D eigenvalue weighted by molar-refractivity contribution is 5.25. The van der Waals surface area contributed by atoms with Crippen LogP contribution in [0.3, 0.4) is 0 Å². The summed E-state index contributed by atoms with van der Waals surface area (Å²) in [4.78, 5) is 0. The first-order chi connectivity index (χ1) is 9.21. The van der Waals surface area contributed by atoms with E-state index >= 15 is 0 Å². The number of ether oxygens (including phenoxy) is 4. The Kier molecular flexibility index (Phi) is 5.33. The minimum atomic E-state index is -0.551. The van der Waals surface area contributed by atoms with Crippen molar-refractivity contribution < 1.29 is 23.3 Å². The van der Waals surface area contributed by atoms with Crippen molar-refractivity contribution >= 4 is 0 Å². The molecule has 1 aliphatic heterocycles. The maximum Gasteiger partial charge on any atom is 0.146 e. The molecule has 19 heavy (non-hydrogen) atoms. The number of methoxy groups -OCH3 is 1. The first-order valence-electron chi connectivity index (χ1n) is 6.96. The standard InChI is InChI=1S/C14H23FO4/c1-4-10(5-2)18-14-12(15)9(7-17-8-16-3)6-11-13(14)19-11/h10-11,13-14H,4-8H2,1-3H3/t11-,13-,14+/m0/s1. The number of halogens is 1. The second kappa shape index (κ2) is 6.79. The first kappa shape index (κ1) is 14.9. The monoisotopic (exact) mass is 274 g/mol. The third-order valence-electron chi connectivity index (χ3n) is 3.68. The largest absolute Gasteiger partial charge is 0.366 e. The van der Waals surface area contributed by atoms with Crippen molar-refractivity contribution in [3.63, 3.8) is 0 Å². The van der Waals surface area contributed by atoms with Gasteiger partial charge in [-0.2, -0.15) is 0 Å². The highest BCUT2D eigenvalue weighted by Crippen LogP contribution is 2.42. The van der Waals surface area contributed by atoms with Crippen LogP contribution in [0.15, 0.2) is 11.4 Å². The Morgan fingerprint density at radius 3 is 2.74 bits per heavy atom. The topological polar surface area (TPSA) is 40.2 Å². The average molecular weight is 274 g/mol. The van der Waals surface area contributed by atoms with Crippen molar-refractivity contribution in [2.75, 3.05) is 20.5 Å². The van der Waals surface area contributed by atoms with Crippen LogP contribution in [-0.4, -0.2) is 44.9 Å². The molecule has 5 heteroatoms. The average Bonchev–Trinajstić information content (AvgIpc) is 3.18. The van der Waals surface area contributed by atoms with Gasteiger partial charge < -0.3 is 18.9 Å². The van der Waals surface area contributed by atoms with Crippen LogP contribution in [0.4, 0.5) is 4.39 Å². The Labute approximate surface area is 113 Å². The first-order valence-corrected chi connectivity index (χ1v) is 6.96. The van der Waals surface area contributed by atoms with Crippen molar-refractivity contribution in [3.05, 3.63) is 11.4 Å². The minimum Gasteiger partial charge on any atom is -0.366 e. The fourth-order valence-electron chi connectivity index (χ4n) is 2.47. The van der Waals surface area contributed by atoms with E-state index < -0.39 is 6.10 Å². The van der Waals surface area contributed by atoms with Crippen LogP contribution in [0.2, 0.25) is 0 Å². The summed E-state index contributed by atoms with van der Waals surface area (Å²) in [7, 11) is 1.55. The van der Waals surface area contributed by atoms with Gasteiger partial charge in [0.2, 0.25) is 0 Å². The van der Waals surface area contributed by atoms with E-state index in [4.69, 9.17) is 18.9 Å². The molecule has 3 atom stereocenters. The zero-order valence-electron chi connectivity index (χ0n) is 11.9. The molecular weight excluding hydrogens is 251 g/mol. The van der Waals surface area contributed by atoms with E-state index in [1.165, 1.54) is 0 Å². The molecule has 1 heterocycles. The molecule has 0 unspecified atom stereocenters. The van der Waals surface area contributed by atoms with Crippen LogP contribution in [-0.2, 0) is 18.9 Å². The lowest BCUT2D eigenvalue weighted by Gasteiger charge is -2.25. The van der Waals surface area contributed by atoms with E-state index in [1.54, 1.807) is 7.11 Å². The summed E-state index contributed by atoms with van der Waals surface area (Å²) in [5, 5.41) is 0. The van der Waals surface area contributed by atoms with Gasteiger partial charge in [-0.05, 0) is 18.4 Å². The summed E-state index contributed by atoms with van der Waals surface area (Å²) >= 11 is 0. The molecule has 2 rings (SSSR count). The molecule has 0 spiro atoms. The summed E-state index contributed by atoms with van der Waals surface area (Å²) in [5.41, 5.74) is 0.645. The lowest BCUT2D eigenvalue weighted by atomic mass is 9.96. The molecule has 4 nitrogen and oxygen atoms in total. The van der Waals surface area contributed by atoms with Crippen molar-refractivity contribution in [1.29, 1.82) is 0 Å². The number of fused-ring (bicyclic) bond motifs is 1. The molecule has 0 aromatic carbocycles. The van der Waals surface area contributed by atoms with Crippen LogP contribution in [0, 0.1) is 0 Å². The SMILES string of the molecule is CCC(CC)O[C@@H]1C(F)=C(COCOC)C[C@@H]2O[C@@H]21. The lowest BCUT2D eigenvalue weighted by Crippen LogP contribution is -2.32. The van der Waals surface area contributed by atoms with Gasteiger partial charge in [-0.15, -0.1) is 0 Å². The Morgan fingerprint density at radius 1 is 1.37 bits per heavy atom. The van der Waals surface area contributed by atoms with E-state index in [1.807, 2.05) is 13.8 Å². The van der Waals surface area contributed by atoms with E-state index in [-0.39, 0.29) is 37.5 Å². The van der Waals surface area contributed by atoms with E-state index in [2.05, 4.69) is 0 Å². The van der Waals surface area contributed by atoms with Gasteiger partial charge in [0, 0.05) is 13.5 Å². The molecule has 0 N–H and O–H groups in total. The Bertz CT molecular complexity index is 327. The molecule has 0 amide bonds. The zero-order chi connectivity index (χ0) is 13.8. The smallest absolute Gasteiger partial charge is 0.146 e. The van der Waals surface area contributed by atoms with Gasteiger partial charge in [0.05, 0.1) is 18.8 Å². The van der Waals surface area contributed by atoms with Gasteiger partial charge >= 0.3 is 0 Å². The molecule has 2 aliphatic rings. The van der Waals surface area contributed by atoms with E-state index in [0.717, 1.165) is 12.8 Å². The third-order valence-corrected chi connectivity index (χ3v) is 3.68. The van der Waals surface area contributed by atoms with Crippen molar-refractivity contribution in [2.24, 2.45) is 0 Å². The van der Waals surface area contributed by atoms with Gasteiger partial charge in [0.1, 0.15) is 24.8 Å². The molecule has 110 valence electrons. The second-order valence-electron chi connectivity index (χ2n) is 5.04. The number of epoxide rings is 1. The zero-order valence-corrected chi connectivity index (χ0v) is 11.9. The van der Waals surface area contributed by atoms with Gasteiger partial charge in [-0.3, -0.25) is 0 Å². The van der Waals surface area contributed by atoms with Crippen LogP contribution >= 0.6 is 0 Å². The molecule has 1 fully saturated rings. The van der Waals surface area contributed by atoms with Crippen LogP contribution in [0.5, 0.6) is 0 Å². The van der Waals surface area contributed by atoms with Gasteiger partial charge in [-0.1, -0.05) is 13.8 Å². The number of rotatable bonds is 8. The molecule has 0 saturated carbocycles. The van der Waals surface area contributed by atoms with Crippen LogP contribution in [0.1, 0.15) is 33.1 Å². The van der Waals surface area contributed by atoms with E-state index in [9.17, 15) is 4.39 Å². The molecular formula is C14H23FO4. The fourth-order valence-corrected chi connectivity index (χ4v) is 2.47. The molecule has 0 aromatic heterocycles. The van der Waals surface area contributed by atoms with Gasteiger partial charge in [0.15, 0.2) is 0 Å². The summed E-state index contributed by atoms with van der Waals surface area (Å²) < 4.78 is 35.8. The summed E-state index contributed by atoms with van der Waals surface area (Å²) in [6, 6.07) is 0. The van der Waals surface area contributed by atoms with Crippen molar-refractivity contribution in [1.82, 2.24) is 0 Å². The molecule has 0 bridgehead atoms. The van der Waals surface area contributed by atoms with E-state index in [0.29, 0.717) is 12.0 Å². The Hall–Kier alpha value is -0.490. The van der Waals surface area contributed by atoms with Crippen molar-refractivity contribution in [2.45, 2.75) is 57.5 Å². The molecule has 0 aromatic rings. The number of hydrogen-bond donors (Lipinski definition) is 0. The predicted octanol–water partition coefficient (Wildman–Crippen LogP) is 2.58. The highest BCUT2D eigenvalue weighted by Gasteiger charge is 2.52. The maximum absolute atomic E-state index is 14.4. The predicted molar refractivity (Wildman–Crippen MR) is 68.5 cm³/mol. The third kappa shape index (κ3) is 3.54. The Balaban J connectivity index is 1.98. The van der Waals surface area contributed by atoms with Crippen molar-refractivity contribution in [3.8, 4) is 0 Å². The summed E-state index contributed by atoms with van der Waals surface area (Å²) in [6.45, 7) is 4.51. The fraction of sp³-hybridized carbons (Fsp3) is 0.857. The van der Waals surface area contributed by atoms with Crippen LogP contribution in [0.25, 0.3) is 0 Å². The lowest BCUT2D eigenvalue weighted by molar-refractivity contribution is -0.0314. The van der Waals surface area contributed by atoms with Gasteiger partial charge in [0.25, 0.3) is 0 Å². The maximum atomic E-state index is 14.4. The van der Waals surface area contributed by atoms with Gasteiger partial charge in [-0.25, -0.2) is 4.39 Å². The number of hydrogen-bond acceptors (Lipinski definition) is 4. The normalized spacial score (nSPS) is 29.8. The Morgan fingerprint density at radius 2 is 2.11 bits per heavy atom. The molecule has 0 radical (unpaired) electrons. The summed E-state index contributed by atoms with van der Waals surface area (Å²) in [6.07, 6.45) is 1.89. The molecule has 1 aliphatic carbocycles. The quantitative estimate of drug-likeness (QED) is 0.387. The highest BCUT2D eigenvalue weighted by atomic mass is 19.1. The second-order valence-corrected chi connectivity index (χ2v) is 5.04. The minimum absolute atomic E-state index is 0.0832. The van der Waals surface area contributed by atoms with Crippen LogP contribution < -0.4 is 0 Å². The summed E-state index contributed by atoms with van der Waals surface area (Å²) in [5.74, 6) is -0.207. The molecule has 1 saturated heterocycles.